The first-order chi connectivity index (χ1) is 5.18. The van der Waals surface area contributed by atoms with Crippen LogP contribution in [0.5, 0.6) is 0 Å². The molecule has 0 amide bonds. The molecule has 5 nitrogen and oxygen atoms in total. The molecule has 0 saturated heterocycles. The van der Waals surface area contributed by atoms with E-state index >= 15 is 0 Å². The molecule has 0 saturated carbocycles. The van der Waals surface area contributed by atoms with Gasteiger partial charge in [-0.25, -0.2) is 0 Å². The molecule has 0 fully saturated rings. The lowest BCUT2D eigenvalue weighted by molar-refractivity contribution is 0.585. The largest absolute Gasteiger partial charge is 0.598 e. The molecule has 11 heavy (non-hydrogen) atoms. The Labute approximate surface area is 68.1 Å². The molecule has 0 aliphatic carbocycles. The highest BCUT2D eigenvalue weighted by atomic mass is 32.2. The third-order valence-electron chi connectivity index (χ3n) is 1.11. The van der Waals surface area contributed by atoms with Crippen molar-refractivity contribution in [3.63, 3.8) is 0 Å². The highest BCUT2D eigenvalue weighted by Crippen LogP contribution is 1.90. The Balaban J connectivity index is 2.39. The number of rotatable bonds is 3. The molecule has 0 aromatic carbocycles. The first kappa shape index (κ1) is 8.51. The second-order valence-electron chi connectivity index (χ2n) is 2.16. The molecule has 1 heterocycles. The second kappa shape index (κ2) is 3.70. The van der Waals surface area contributed by atoms with E-state index in [4.69, 9.17) is 0 Å². The summed E-state index contributed by atoms with van der Waals surface area (Å²) in [6.45, 7) is 0.497. The van der Waals surface area contributed by atoms with Crippen LogP contribution < -0.4 is 4.72 Å². The molecule has 1 atom stereocenters. The van der Waals surface area contributed by atoms with Crippen LogP contribution >= 0.6 is 0 Å². The normalized spacial score (nSPS) is 13.4. The Bertz CT molecular complexity index is 224. The van der Waals surface area contributed by atoms with Crippen molar-refractivity contribution in [1.29, 1.82) is 0 Å². The monoisotopic (exact) mass is 174 g/mol. The van der Waals surface area contributed by atoms with Crippen LogP contribution in [-0.2, 0) is 25.0 Å². The van der Waals surface area contributed by atoms with E-state index in [0.29, 0.717) is 6.54 Å². The van der Waals surface area contributed by atoms with Crippen LogP contribution in [0, 0.1) is 0 Å². The quantitative estimate of drug-likeness (QED) is 0.609. The smallest absolute Gasteiger partial charge is 0.115 e. The fourth-order valence-corrected chi connectivity index (χ4v) is 1.00. The summed E-state index contributed by atoms with van der Waals surface area (Å²) in [7, 11) is 1.79. The molecule has 1 unspecified atom stereocenters. The number of nitrogens with one attached hydrogen (secondary N) is 1. The third kappa shape index (κ3) is 2.87. The fourth-order valence-electron chi connectivity index (χ4n) is 0.652. The van der Waals surface area contributed by atoms with Gasteiger partial charge in [0.15, 0.2) is 0 Å². The van der Waals surface area contributed by atoms with E-state index < -0.39 is 11.4 Å². The zero-order valence-electron chi connectivity index (χ0n) is 6.44. The topological polar surface area (TPSA) is 65.8 Å². The Hall–Kier alpha value is -0.590. The Kier molecular flexibility index (Phi) is 2.86. The van der Waals surface area contributed by atoms with Gasteiger partial charge in [-0.3, -0.25) is 4.68 Å². The van der Waals surface area contributed by atoms with Gasteiger partial charge in [-0.2, -0.15) is 0 Å². The van der Waals surface area contributed by atoms with Crippen LogP contribution in [0.2, 0.25) is 0 Å². The van der Waals surface area contributed by atoms with Crippen LogP contribution in [0.25, 0.3) is 0 Å². The SMILES string of the molecule is Cn1cc(CN[S+](C)[O-])nn1. The second-order valence-corrected chi connectivity index (χ2v) is 3.36. The predicted molar refractivity (Wildman–Crippen MR) is 41.9 cm³/mol. The number of aryl methyl sites for hydroxylation is 1. The lowest BCUT2D eigenvalue weighted by atomic mass is 10.5. The summed E-state index contributed by atoms with van der Waals surface area (Å²) < 4.78 is 14.9. The average molecular weight is 174 g/mol. The summed E-state index contributed by atoms with van der Waals surface area (Å²) in [5, 5.41) is 7.53. The molecule has 1 rings (SSSR count). The predicted octanol–water partition coefficient (Wildman–Crippen LogP) is -0.802. The highest BCUT2D eigenvalue weighted by molar-refractivity contribution is 7.88. The maximum Gasteiger partial charge on any atom is 0.115 e. The van der Waals surface area contributed by atoms with Crippen molar-refractivity contribution in [3.05, 3.63) is 11.9 Å². The maximum atomic E-state index is 10.6. The van der Waals surface area contributed by atoms with Gasteiger partial charge in [-0.15, -0.1) is 9.82 Å². The summed E-state index contributed by atoms with van der Waals surface area (Å²) in [4.78, 5) is 0. The molecular formula is C5H10N4OS. The van der Waals surface area contributed by atoms with Crippen LogP contribution in [0.1, 0.15) is 5.69 Å². The van der Waals surface area contributed by atoms with E-state index in [9.17, 15) is 4.55 Å². The minimum Gasteiger partial charge on any atom is -0.598 e. The molecule has 1 aromatic rings. The molecule has 62 valence electrons. The van der Waals surface area contributed by atoms with E-state index in [2.05, 4.69) is 15.0 Å². The molecular weight excluding hydrogens is 164 g/mol. The number of hydrogen-bond acceptors (Lipinski definition) is 4. The van der Waals surface area contributed by atoms with E-state index in [1.54, 1.807) is 24.2 Å². The maximum absolute atomic E-state index is 10.6. The molecule has 0 aliphatic rings. The summed E-state index contributed by atoms with van der Waals surface area (Å²) in [5.74, 6) is 0. The zero-order valence-corrected chi connectivity index (χ0v) is 7.26. The van der Waals surface area contributed by atoms with E-state index in [1.165, 1.54) is 0 Å². The Morgan fingerprint density at radius 2 is 2.55 bits per heavy atom. The summed E-state index contributed by atoms with van der Waals surface area (Å²) >= 11 is -0.984. The van der Waals surface area contributed by atoms with Gasteiger partial charge in [0.25, 0.3) is 0 Å². The molecule has 0 bridgehead atoms. The Morgan fingerprint density at radius 3 is 3.00 bits per heavy atom. The van der Waals surface area contributed by atoms with Crippen LogP contribution in [0.3, 0.4) is 0 Å². The van der Waals surface area contributed by atoms with E-state index in [-0.39, 0.29) is 0 Å². The van der Waals surface area contributed by atoms with Crippen molar-refractivity contribution >= 4 is 11.4 Å². The van der Waals surface area contributed by atoms with E-state index in [1.807, 2.05) is 0 Å². The lowest BCUT2D eigenvalue weighted by Gasteiger charge is -2.02. The van der Waals surface area contributed by atoms with Crippen molar-refractivity contribution < 1.29 is 4.55 Å². The molecule has 6 heteroatoms. The Morgan fingerprint density at radius 1 is 1.82 bits per heavy atom. The van der Waals surface area contributed by atoms with Crippen molar-refractivity contribution in [3.8, 4) is 0 Å². The van der Waals surface area contributed by atoms with Gasteiger partial charge < -0.3 is 4.55 Å². The van der Waals surface area contributed by atoms with Gasteiger partial charge in [0, 0.05) is 24.6 Å². The fraction of sp³-hybridized carbons (Fsp3) is 0.600. The van der Waals surface area contributed by atoms with Gasteiger partial charge in [-0.05, 0) is 0 Å². The van der Waals surface area contributed by atoms with Gasteiger partial charge in [0.1, 0.15) is 11.9 Å². The van der Waals surface area contributed by atoms with Crippen LogP contribution in [0.4, 0.5) is 0 Å². The number of hydrogen-bond donors (Lipinski definition) is 1. The molecule has 0 radical (unpaired) electrons. The standard InChI is InChI=1S/C5H10N4OS/c1-9-4-5(7-8-9)3-6-11(2)10/h4,6H,3H2,1-2H3. The first-order valence-electron chi connectivity index (χ1n) is 3.10. The number of aromatic nitrogens is 3. The van der Waals surface area contributed by atoms with E-state index in [0.717, 1.165) is 5.69 Å². The summed E-state index contributed by atoms with van der Waals surface area (Å²) in [5.41, 5.74) is 0.794. The summed E-state index contributed by atoms with van der Waals surface area (Å²) in [6.07, 6.45) is 3.36. The van der Waals surface area contributed by atoms with Crippen LogP contribution in [-0.4, -0.2) is 25.8 Å². The minimum atomic E-state index is -0.984. The highest BCUT2D eigenvalue weighted by Gasteiger charge is 2.00. The lowest BCUT2D eigenvalue weighted by Crippen LogP contribution is -2.21. The third-order valence-corrected chi connectivity index (χ3v) is 1.66. The molecule has 1 aromatic heterocycles. The number of nitrogens with zero attached hydrogens (tertiary/aromatic N) is 3. The van der Waals surface area contributed by atoms with Gasteiger partial charge in [0.05, 0.1) is 6.54 Å². The van der Waals surface area contributed by atoms with Gasteiger partial charge in [-0.1, -0.05) is 5.21 Å². The van der Waals surface area contributed by atoms with Crippen LogP contribution in [0.15, 0.2) is 6.20 Å². The molecule has 0 spiro atoms. The molecule has 1 N–H and O–H groups in total. The first-order valence-corrected chi connectivity index (χ1v) is 4.66. The molecule has 0 aliphatic heterocycles. The summed E-state index contributed by atoms with van der Waals surface area (Å²) in [6, 6.07) is 0. The van der Waals surface area contributed by atoms with Crippen molar-refractivity contribution in [2.75, 3.05) is 6.26 Å². The van der Waals surface area contributed by atoms with Gasteiger partial charge >= 0.3 is 0 Å². The van der Waals surface area contributed by atoms with Crippen molar-refractivity contribution in [2.45, 2.75) is 6.54 Å². The average Bonchev–Trinajstić information content (AvgIpc) is 2.31. The zero-order chi connectivity index (χ0) is 8.27. The van der Waals surface area contributed by atoms with Crippen molar-refractivity contribution in [2.24, 2.45) is 7.05 Å². The minimum absolute atomic E-state index is 0.497. The van der Waals surface area contributed by atoms with Gasteiger partial charge in [0.2, 0.25) is 0 Å². The van der Waals surface area contributed by atoms with Crippen molar-refractivity contribution in [1.82, 2.24) is 19.7 Å².